The Hall–Kier alpha value is -0.700. The van der Waals surface area contributed by atoms with Crippen LogP contribution in [0.15, 0.2) is 5.38 Å². The van der Waals surface area contributed by atoms with Gasteiger partial charge in [-0.1, -0.05) is 25.7 Å². The molecule has 0 atom stereocenters. The van der Waals surface area contributed by atoms with Crippen LogP contribution in [0.5, 0.6) is 0 Å². The molecule has 3 heteroatoms. The molecule has 0 bridgehead atoms. The zero-order valence-corrected chi connectivity index (χ0v) is 9.98. The molecular formula is C12H17NOS. The topological polar surface area (TPSA) is 30.0 Å². The molecule has 2 rings (SSSR count). The van der Waals surface area contributed by atoms with E-state index in [9.17, 15) is 4.79 Å². The highest BCUT2D eigenvalue weighted by molar-refractivity contribution is 7.09. The number of Topliss-reactive ketones (excluding diaryl/α,β-unsaturated/α-hetero) is 1. The van der Waals surface area contributed by atoms with Gasteiger partial charge in [-0.2, -0.15) is 0 Å². The summed E-state index contributed by atoms with van der Waals surface area (Å²) in [4.78, 5) is 16.4. The molecule has 1 heterocycles. The lowest BCUT2D eigenvalue weighted by atomic mass is 9.94. The fraction of sp³-hybridized carbons (Fsp3) is 0.667. The standard InChI is InChI=1S/C12H17NOS/c1-9-13-11(8-15-9)12(14)10-6-4-2-3-5-7-10/h8,10H,2-7H2,1H3. The second-order valence-electron chi connectivity index (χ2n) is 4.30. The highest BCUT2D eigenvalue weighted by Gasteiger charge is 2.22. The van der Waals surface area contributed by atoms with E-state index < -0.39 is 0 Å². The molecule has 1 aliphatic rings. The average molecular weight is 223 g/mol. The molecule has 1 saturated carbocycles. The summed E-state index contributed by atoms with van der Waals surface area (Å²) in [6, 6.07) is 0. The van der Waals surface area contributed by atoms with E-state index in [1.807, 2.05) is 12.3 Å². The van der Waals surface area contributed by atoms with E-state index in [1.165, 1.54) is 25.7 Å². The fourth-order valence-electron chi connectivity index (χ4n) is 2.23. The number of nitrogens with zero attached hydrogens (tertiary/aromatic N) is 1. The van der Waals surface area contributed by atoms with Crippen molar-refractivity contribution in [2.75, 3.05) is 0 Å². The van der Waals surface area contributed by atoms with Crippen LogP contribution in [0.2, 0.25) is 0 Å². The predicted molar refractivity (Wildman–Crippen MR) is 62.4 cm³/mol. The molecule has 2 nitrogen and oxygen atoms in total. The van der Waals surface area contributed by atoms with Gasteiger partial charge in [0.05, 0.1) is 5.01 Å². The number of thiazole rings is 1. The van der Waals surface area contributed by atoms with E-state index in [-0.39, 0.29) is 11.7 Å². The van der Waals surface area contributed by atoms with Gasteiger partial charge in [0.25, 0.3) is 0 Å². The van der Waals surface area contributed by atoms with E-state index in [4.69, 9.17) is 0 Å². The van der Waals surface area contributed by atoms with Crippen molar-refractivity contribution < 1.29 is 4.79 Å². The maximum absolute atomic E-state index is 12.1. The third-order valence-electron chi connectivity index (χ3n) is 3.10. The molecule has 15 heavy (non-hydrogen) atoms. The van der Waals surface area contributed by atoms with Gasteiger partial charge in [-0.05, 0) is 19.8 Å². The fourth-order valence-corrected chi connectivity index (χ4v) is 2.83. The molecule has 0 amide bonds. The van der Waals surface area contributed by atoms with Gasteiger partial charge in [-0.25, -0.2) is 4.98 Å². The second kappa shape index (κ2) is 4.88. The zero-order chi connectivity index (χ0) is 10.7. The average Bonchev–Trinajstić information content (AvgIpc) is 2.53. The Balaban J connectivity index is 2.06. The molecular weight excluding hydrogens is 206 g/mol. The van der Waals surface area contributed by atoms with Crippen LogP contribution in [0, 0.1) is 12.8 Å². The van der Waals surface area contributed by atoms with Crippen molar-refractivity contribution in [2.24, 2.45) is 5.92 Å². The minimum atomic E-state index is 0.244. The summed E-state index contributed by atoms with van der Waals surface area (Å²) in [7, 11) is 0. The van der Waals surface area contributed by atoms with Crippen molar-refractivity contribution >= 4 is 17.1 Å². The summed E-state index contributed by atoms with van der Waals surface area (Å²) in [6.45, 7) is 1.95. The summed E-state index contributed by atoms with van der Waals surface area (Å²) >= 11 is 1.57. The largest absolute Gasteiger partial charge is 0.292 e. The van der Waals surface area contributed by atoms with Crippen LogP contribution in [-0.4, -0.2) is 10.8 Å². The van der Waals surface area contributed by atoms with Gasteiger partial charge < -0.3 is 0 Å². The molecule has 1 aromatic heterocycles. The Bertz CT molecular complexity index is 337. The number of aromatic nitrogens is 1. The van der Waals surface area contributed by atoms with Gasteiger partial charge in [0.1, 0.15) is 5.69 Å². The molecule has 0 spiro atoms. The van der Waals surface area contributed by atoms with Crippen molar-refractivity contribution in [3.8, 4) is 0 Å². The molecule has 1 aliphatic carbocycles. The molecule has 82 valence electrons. The number of hydrogen-bond acceptors (Lipinski definition) is 3. The number of aryl methyl sites for hydroxylation is 1. The number of ketones is 1. The molecule has 1 fully saturated rings. The Morgan fingerprint density at radius 1 is 1.33 bits per heavy atom. The maximum Gasteiger partial charge on any atom is 0.185 e. The second-order valence-corrected chi connectivity index (χ2v) is 5.37. The summed E-state index contributed by atoms with van der Waals surface area (Å²) < 4.78 is 0. The quantitative estimate of drug-likeness (QED) is 0.566. The summed E-state index contributed by atoms with van der Waals surface area (Å²) in [5.41, 5.74) is 0.699. The van der Waals surface area contributed by atoms with Crippen LogP contribution in [-0.2, 0) is 0 Å². The maximum atomic E-state index is 12.1. The van der Waals surface area contributed by atoms with Crippen LogP contribution in [0.1, 0.15) is 54.0 Å². The van der Waals surface area contributed by atoms with Crippen LogP contribution in [0.25, 0.3) is 0 Å². The highest BCUT2D eigenvalue weighted by Crippen LogP contribution is 2.26. The molecule has 0 unspecified atom stereocenters. The van der Waals surface area contributed by atoms with Gasteiger partial charge in [0.15, 0.2) is 5.78 Å². The number of rotatable bonds is 2. The number of carbonyl (C=O) groups excluding carboxylic acids is 1. The summed E-state index contributed by atoms with van der Waals surface area (Å²) in [5.74, 6) is 0.523. The van der Waals surface area contributed by atoms with E-state index in [0.29, 0.717) is 5.69 Å². The van der Waals surface area contributed by atoms with E-state index in [0.717, 1.165) is 17.8 Å². The minimum absolute atomic E-state index is 0.244. The van der Waals surface area contributed by atoms with Crippen molar-refractivity contribution in [1.29, 1.82) is 0 Å². The Kier molecular flexibility index (Phi) is 3.52. The van der Waals surface area contributed by atoms with Crippen molar-refractivity contribution in [2.45, 2.75) is 45.4 Å². The van der Waals surface area contributed by atoms with Crippen molar-refractivity contribution in [3.63, 3.8) is 0 Å². The molecule has 0 saturated heterocycles. The smallest absolute Gasteiger partial charge is 0.185 e. The first-order valence-corrected chi connectivity index (χ1v) is 6.61. The number of carbonyl (C=O) groups is 1. The van der Waals surface area contributed by atoms with Crippen LogP contribution in [0.4, 0.5) is 0 Å². The van der Waals surface area contributed by atoms with Gasteiger partial charge in [-0.3, -0.25) is 4.79 Å². The monoisotopic (exact) mass is 223 g/mol. The van der Waals surface area contributed by atoms with E-state index in [1.54, 1.807) is 11.3 Å². The van der Waals surface area contributed by atoms with Crippen LogP contribution < -0.4 is 0 Å². The van der Waals surface area contributed by atoms with Gasteiger partial charge >= 0.3 is 0 Å². The van der Waals surface area contributed by atoms with Crippen molar-refractivity contribution in [3.05, 3.63) is 16.1 Å². The first kappa shape index (κ1) is 10.8. The predicted octanol–water partition coefficient (Wildman–Crippen LogP) is 3.60. The minimum Gasteiger partial charge on any atom is -0.292 e. The lowest BCUT2D eigenvalue weighted by Crippen LogP contribution is -2.14. The normalized spacial score (nSPS) is 18.7. The Morgan fingerprint density at radius 2 is 2.00 bits per heavy atom. The first-order valence-electron chi connectivity index (χ1n) is 5.74. The van der Waals surface area contributed by atoms with Crippen LogP contribution >= 0.6 is 11.3 Å². The van der Waals surface area contributed by atoms with E-state index in [2.05, 4.69) is 4.98 Å². The third-order valence-corrected chi connectivity index (χ3v) is 3.87. The Morgan fingerprint density at radius 3 is 2.53 bits per heavy atom. The van der Waals surface area contributed by atoms with Gasteiger partial charge in [-0.15, -0.1) is 11.3 Å². The first-order chi connectivity index (χ1) is 7.27. The highest BCUT2D eigenvalue weighted by atomic mass is 32.1. The number of hydrogen-bond donors (Lipinski definition) is 0. The molecule has 1 aromatic rings. The van der Waals surface area contributed by atoms with E-state index >= 15 is 0 Å². The van der Waals surface area contributed by atoms with Crippen molar-refractivity contribution in [1.82, 2.24) is 4.98 Å². The van der Waals surface area contributed by atoms with Gasteiger partial charge in [0, 0.05) is 11.3 Å². The summed E-state index contributed by atoms with van der Waals surface area (Å²) in [5, 5.41) is 2.90. The lowest BCUT2D eigenvalue weighted by molar-refractivity contribution is 0.0903. The van der Waals surface area contributed by atoms with Gasteiger partial charge in [0.2, 0.25) is 0 Å². The zero-order valence-electron chi connectivity index (χ0n) is 9.16. The molecule has 0 aliphatic heterocycles. The molecule has 0 aromatic carbocycles. The third kappa shape index (κ3) is 2.65. The van der Waals surface area contributed by atoms with Crippen LogP contribution in [0.3, 0.4) is 0 Å². The molecule has 0 N–H and O–H groups in total. The Labute approximate surface area is 94.7 Å². The lowest BCUT2D eigenvalue weighted by Gasteiger charge is -2.10. The molecule has 0 radical (unpaired) electrons. The SMILES string of the molecule is Cc1nc(C(=O)C2CCCCCC2)cs1. The summed E-state index contributed by atoms with van der Waals surface area (Å²) in [6.07, 6.45) is 7.13.